The van der Waals surface area contributed by atoms with Crippen LogP contribution in [0.4, 0.5) is 5.82 Å². The van der Waals surface area contributed by atoms with Crippen LogP contribution in [0.1, 0.15) is 29.6 Å². The van der Waals surface area contributed by atoms with Crippen LogP contribution >= 0.6 is 0 Å². The van der Waals surface area contributed by atoms with Gasteiger partial charge < -0.3 is 15.2 Å². The van der Waals surface area contributed by atoms with Crippen LogP contribution in [-0.4, -0.2) is 36.3 Å². The lowest BCUT2D eigenvalue weighted by Gasteiger charge is -2.08. The monoisotopic (exact) mass is 238 g/mol. The van der Waals surface area contributed by atoms with E-state index in [4.69, 9.17) is 5.11 Å². The Kier molecular flexibility index (Phi) is 6.03. The second-order valence-electron chi connectivity index (χ2n) is 3.60. The SMILES string of the molecule is COC(=O)c1cccnc1NCCCCCO. The second kappa shape index (κ2) is 7.62. The highest BCUT2D eigenvalue weighted by Crippen LogP contribution is 2.12. The summed E-state index contributed by atoms with van der Waals surface area (Å²) in [5.41, 5.74) is 0.442. The van der Waals surface area contributed by atoms with Gasteiger partial charge in [0.05, 0.1) is 7.11 Å². The third-order valence-corrected chi connectivity index (χ3v) is 2.34. The summed E-state index contributed by atoms with van der Waals surface area (Å²) >= 11 is 0. The average molecular weight is 238 g/mol. The summed E-state index contributed by atoms with van der Waals surface area (Å²) in [5.74, 6) is 0.152. The minimum absolute atomic E-state index is 0.219. The first-order valence-corrected chi connectivity index (χ1v) is 5.67. The molecule has 0 aliphatic carbocycles. The van der Waals surface area contributed by atoms with E-state index in [-0.39, 0.29) is 6.61 Å². The van der Waals surface area contributed by atoms with Crippen LogP contribution in [0.2, 0.25) is 0 Å². The summed E-state index contributed by atoms with van der Waals surface area (Å²) < 4.78 is 4.67. The molecule has 0 spiro atoms. The number of anilines is 1. The Morgan fingerprint density at radius 3 is 3.00 bits per heavy atom. The number of aliphatic hydroxyl groups excluding tert-OH is 1. The molecule has 1 heterocycles. The molecular formula is C12H18N2O3. The van der Waals surface area contributed by atoms with E-state index >= 15 is 0 Å². The van der Waals surface area contributed by atoms with Crippen LogP contribution in [-0.2, 0) is 4.74 Å². The average Bonchev–Trinajstić information content (AvgIpc) is 2.38. The molecule has 0 aromatic carbocycles. The summed E-state index contributed by atoms with van der Waals surface area (Å²) in [6.45, 7) is 0.942. The van der Waals surface area contributed by atoms with Crippen LogP contribution in [0, 0.1) is 0 Å². The zero-order valence-electron chi connectivity index (χ0n) is 9.98. The van der Waals surface area contributed by atoms with Crippen molar-refractivity contribution in [3.05, 3.63) is 23.9 Å². The van der Waals surface area contributed by atoms with Crippen molar-refractivity contribution in [1.29, 1.82) is 0 Å². The molecule has 0 fully saturated rings. The predicted molar refractivity (Wildman–Crippen MR) is 65.0 cm³/mol. The molecule has 0 amide bonds. The molecule has 17 heavy (non-hydrogen) atoms. The molecule has 2 N–H and O–H groups in total. The molecule has 5 nitrogen and oxygen atoms in total. The van der Waals surface area contributed by atoms with Crippen molar-refractivity contribution in [2.75, 3.05) is 25.6 Å². The quantitative estimate of drug-likeness (QED) is 0.555. The van der Waals surface area contributed by atoms with E-state index in [2.05, 4.69) is 15.0 Å². The zero-order chi connectivity index (χ0) is 12.5. The number of aromatic nitrogens is 1. The Hall–Kier alpha value is -1.62. The fraction of sp³-hybridized carbons (Fsp3) is 0.500. The molecule has 0 unspecified atom stereocenters. The number of carbonyl (C=O) groups excluding carboxylic acids is 1. The third-order valence-electron chi connectivity index (χ3n) is 2.34. The fourth-order valence-corrected chi connectivity index (χ4v) is 1.44. The topological polar surface area (TPSA) is 71.5 Å². The van der Waals surface area contributed by atoms with Gasteiger partial charge in [0.2, 0.25) is 0 Å². The lowest BCUT2D eigenvalue weighted by molar-refractivity contribution is 0.0601. The first-order valence-electron chi connectivity index (χ1n) is 5.67. The van der Waals surface area contributed by atoms with E-state index < -0.39 is 5.97 Å². The van der Waals surface area contributed by atoms with Crippen molar-refractivity contribution in [1.82, 2.24) is 4.98 Å². The summed E-state index contributed by atoms with van der Waals surface area (Å²) in [6.07, 6.45) is 4.30. The molecule has 1 aromatic heterocycles. The summed E-state index contributed by atoms with van der Waals surface area (Å²) in [5, 5.41) is 11.7. The van der Waals surface area contributed by atoms with Crippen LogP contribution in [0.3, 0.4) is 0 Å². The Labute approximate surface area is 101 Å². The molecule has 0 atom stereocenters. The molecule has 1 aromatic rings. The zero-order valence-corrected chi connectivity index (χ0v) is 9.98. The van der Waals surface area contributed by atoms with Crippen LogP contribution < -0.4 is 5.32 Å². The molecule has 0 bridgehead atoms. The van der Waals surface area contributed by atoms with Gasteiger partial charge in [0.25, 0.3) is 0 Å². The predicted octanol–water partition coefficient (Wildman–Crippen LogP) is 1.44. The number of esters is 1. The smallest absolute Gasteiger partial charge is 0.341 e. The van der Waals surface area contributed by atoms with Crippen molar-refractivity contribution in [2.45, 2.75) is 19.3 Å². The van der Waals surface area contributed by atoms with Crippen molar-refractivity contribution in [3.8, 4) is 0 Å². The first kappa shape index (κ1) is 13.4. The fourth-order valence-electron chi connectivity index (χ4n) is 1.44. The summed E-state index contributed by atoms with van der Waals surface area (Å²) in [6, 6.07) is 3.37. The highest BCUT2D eigenvalue weighted by atomic mass is 16.5. The minimum atomic E-state index is -0.393. The van der Waals surface area contributed by atoms with Gasteiger partial charge >= 0.3 is 5.97 Å². The van der Waals surface area contributed by atoms with E-state index in [1.165, 1.54) is 7.11 Å². The number of unbranched alkanes of at least 4 members (excludes halogenated alkanes) is 2. The number of aliphatic hydroxyl groups is 1. The highest BCUT2D eigenvalue weighted by molar-refractivity contribution is 5.94. The van der Waals surface area contributed by atoms with Gasteiger partial charge in [-0.1, -0.05) is 0 Å². The van der Waals surface area contributed by atoms with Crippen molar-refractivity contribution in [2.24, 2.45) is 0 Å². The second-order valence-corrected chi connectivity index (χ2v) is 3.60. The van der Waals surface area contributed by atoms with E-state index in [0.29, 0.717) is 11.4 Å². The summed E-state index contributed by atoms with van der Waals surface area (Å²) in [7, 11) is 1.35. The molecule has 0 saturated carbocycles. The summed E-state index contributed by atoms with van der Waals surface area (Å²) in [4.78, 5) is 15.5. The number of nitrogens with zero attached hydrogens (tertiary/aromatic N) is 1. The van der Waals surface area contributed by atoms with Gasteiger partial charge in [0.1, 0.15) is 11.4 Å². The first-order chi connectivity index (χ1) is 8.29. The number of rotatable bonds is 7. The standard InChI is InChI=1S/C12H18N2O3/c1-17-12(16)10-6-5-8-14-11(10)13-7-3-2-4-9-15/h5-6,8,15H,2-4,7,9H2,1H3,(H,13,14). The maximum absolute atomic E-state index is 11.4. The lowest BCUT2D eigenvalue weighted by atomic mass is 10.2. The van der Waals surface area contributed by atoms with E-state index in [9.17, 15) is 4.79 Å². The molecule has 0 aliphatic rings. The van der Waals surface area contributed by atoms with E-state index in [1.54, 1.807) is 18.3 Å². The number of methoxy groups -OCH3 is 1. The van der Waals surface area contributed by atoms with Crippen molar-refractivity contribution in [3.63, 3.8) is 0 Å². The number of nitrogens with one attached hydrogen (secondary N) is 1. The van der Waals surface area contributed by atoms with Gasteiger partial charge in [-0.25, -0.2) is 9.78 Å². The maximum atomic E-state index is 11.4. The van der Waals surface area contributed by atoms with Gasteiger partial charge in [0, 0.05) is 19.3 Å². The maximum Gasteiger partial charge on any atom is 0.341 e. The highest BCUT2D eigenvalue weighted by Gasteiger charge is 2.11. The molecule has 0 aliphatic heterocycles. The molecule has 94 valence electrons. The van der Waals surface area contributed by atoms with Gasteiger partial charge in [-0.05, 0) is 31.4 Å². The molecule has 0 saturated heterocycles. The number of carbonyl (C=O) groups is 1. The number of hydrogen-bond donors (Lipinski definition) is 2. The van der Waals surface area contributed by atoms with Gasteiger partial charge in [0.15, 0.2) is 0 Å². The Bertz CT molecular complexity index is 355. The van der Waals surface area contributed by atoms with Crippen molar-refractivity contribution >= 4 is 11.8 Å². The molecule has 0 radical (unpaired) electrons. The molecule has 5 heteroatoms. The number of ether oxygens (including phenoxy) is 1. The normalized spacial score (nSPS) is 10.0. The van der Waals surface area contributed by atoms with E-state index in [1.807, 2.05) is 0 Å². The van der Waals surface area contributed by atoms with Crippen molar-refractivity contribution < 1.29 is 14.6 Å². The lowest BCUT2D eigenvalue weighted by Crippen LogP contribution is -2.10. The minimum Gasteiger partial charge on any atom is -0.465 e. The molecule has 1 rings (SSSR count). The third kappa shape index (κ3) is 4.40. The van der Waals surface area contributed by atoms with Gasteiger partial charge in [-0.3, -0.25) is 0 Å². The Morgan fingerprint density at radius 1 is 1.47 bits per heavy atom. The van der Waals surface area contributed by atoms with Crippen LogP contribution in [0.15, 0.2) is 18.3 Å². The van der Waals surface area contributed by atoms with Gasteiger partial charge in [-0.2, -0.15) is 0 Å². The molecular weight excluding hydrogens is 220 g/mol. The van der Waals surface area contributed by atoms with E-state index in [0.717, 1.165) is 25.8 Å². The Morgan fingerprint density at radius 2 is 2.29 bits per heavy atom. The Balaban J connectivity index is 2.49. The van der Waals surface area contributed by atoms with Crippen LogP contribution in [0.25, 0.3) is 0 Å². The van der Waals surface area contributed by atoms with Crippen LogP contribution in [0.5, 0.6) is 0 Å². The largest absolute Gasteiger partial charge is 0.465 e. The number of hydrogen-bond acceptors (Lipinski definition) is 5. The van der Waals surface area contributed by atoms with Gasteiger partial charge in [-0.15, -0.1) is 0 Å². The number of pyridine rings is 1.